The first-order chi connectivity index (χ1) is 12.6. The number of rotatable bonds is 6. The Morgan fingerprint density at radius 1 is 1.27 bits per heavy atom. The third kappa shape index (κ3) is 3.51. The Morgan fingerprint density at radius 2 is 2.08 bits per heavy atom. The number of amides is 1. The predicted molar refractivity (Wildman–Crippen MR) is 94.7 cm³/mol. The maximum absolute atomic E-state index is 12.1. The van der Waals surface area contributed by atoms with Crippen molar-refractivity contribution in [3.8, 4) is 11.5 Å². The maximum atomic E-state index is 12.1. The van der Waals surface area contributed by atoms with Gasteiger partial charge in [-0.3, -0.25) is 9.59 Å². The fourth-order valence-corrected chi connectivity index (χ4v) is 2.62. The summed E-state index contributed by atoms with van der Waals surface area (Å²) >= 11 is 0. The molecule has 3 rings (SSSR count). The van der Waals surface area contributed by atoms with Gasteiger partial charge in [-0.05, 0) is 17.7 Å². The molecule has 0 spiro atoms. The molecule has 0 aromatic heterocycles. The summed E-state index contributed by atoms with van der Waals surface area (Å²) in [5.41, 5.74) is 2.11. The Balaban J connectivity index is 1.82. The molecule has 1 heterocycles. The molecule has 0 atom stereocenters. The number of ketones is 1. The highest BCUT2D eigenvalue weighted by molar-refractivity contribution is 6.45. The second-order valence-corrected chi connectivity index (χ2v) is 5.52. The van der Waals surface area contributed by atoms with Gasteiger partial charge in [-0.1, -0.05) is 29.4 Å². The fraction of sp³-hybridized carbons (Fsp3) is 0.211. The lowest BCUT2D eigenvalue weighted by atomic mass is 10.0. The predicted octanol–water partition coefficient (Wildman–Crippen LogP) is 1.94. The van der Waals surface area contributed by atoms with E-state index in [2.05, 4.69) is 10.5 Å². The Kier molecular flexibility index (Phi) is 5.17. The van der Waals surface area contributed by atoms with Crippen molar-refractivity contribution in [1.82, 2.24) is 5.32 Å². The van der Waals surface area contributed by atoms with Gasteiger partial charge in [0.15, 0.2) is 12.3 Å². The number of carbonyl (C=O) groups is 2. The highest BCUT2D eigenvalue weighted by Crippen LogP contribution is 2.30. The van der Waals surface area contributed by atoms with Crippen LogP contribution in [-0.4, -0.2) is 38.2 Å². The van der Waals surface area contributed by atoms with Crippen LogP contribution in [0.5, 0.6) is 11.5 Å². The van der Waals surface area contributed by atoms with Crippen LogP contribution in [0.3, 0.4) is 0 Å². The second-order valence-electron chi connectivity index (χ2n) is 5.52. The van der Waals surface area contributed by atoms with E-state index < -0.39 is 0 Å². The van der Waals surface area contributed by atoms with E-state index in [1.165, 1.54) is 14.2 Å². The van der Waals surface area contributed by atoms with Gasteiger partial charge in [0.05, 0.1) is 5.56 Å². The number of ether oxygens (including phenoxy) is 2. The number of nitrogens with zero attached hydrogens (tertiary/aromatic N) is 1. The summed E-state index contributed by atoms with van der Waals surface area (Å²) in [4.78, 5) is 28.5. The number of Topliss-reactive ketones (excluding diaryl/α,β-unsaturated/α-hetero) is 1. The van der Waals surface area contributed by atoms with Gasteiger partial charge in [0, 0.05) is 18.7 Å². The smallest absolute Gasteiger partial charge is 0.273 e. The van der Waals surface area contributed by atoms with E-state index in [1.54, 1.807) is 24.3 Å². The number of hydrogen-bond donors (Lipinski definition) is 1. The van der Waals surface area contributed by atoms with Crippen LogP contribution in [0.1, 0.15) is 21.5 Å². The summed E-state index contributed by atoms with van der Waals surface area (Å²) < 4.78 is 11.1. The molecule has 7 heteroatoms. The van der Waals surface area contributed by atoms with Crippen molar-refractivity contribution in [1.29, 1.82) is 0 Å². The van der Waals surface area contributed by atoms with Crippen LogP contribution in [0.4, 0.5) is 0 Å². The molecule has 1 aliphatic rings. The van der Waals surface area contributed by atoms with Crippen LogP contribution in [0.15, 0.2) is 47.6 Å². The van der Waals surface area contributed by atoms with Crippen molar-refractivity contribution >= 4 is 17.4 Å². The minimum atomic E-state index is -0.358. The summed E-state index contributed by atoms with van der Waals surface area (Å²) in [6.07, 6.45) is 0. The quantitative estimate of drug-likeness (QED) is 0.633. The number of oxime groups is 1. The van der Waals surface area contributed by atoms with Crippen molar-refractivity contribution in [2.75, 3.05) is 20.8 Å². The average molecular weight is 354 g/mol. The molecule has 0 bridgehead atoms. The van der Waals surface area contributed by atoms with Crippen LogP contribution < -0.4 is 14.8 Å². The van der Waals surface area contributed by atoms with E-state index >= 15 is 0 Å². The summed E-state index contributed by atoms with van der Waals surface area (Å²) in [5.74, 6) is 0.692. The first-order valence-corrected chi connectivity index (χ1v) is 7.98. The largest absolute Gasteiger partial charge is 0.489 e. The number of likely N-dealkylation sites (N-methyl/N-ethyl adjacent to an activating group) is 1. The molecule has 2 aromatic rings. The molecule has 1 amide bonds. The Morgan fingerprint density at radius 3 is 2.85 bits per heavy atom. The normalized spacial score (nSPS) is 13.0. The van der Waals surface area contributed by atoms with Gasteiger partial charge in [0.1, 0.15) is 25.2 Å². The lowest BCUT2D eigenvalue weighted by Crippen LogP contribution is -2.29. The maximum Gasteiger partial charge on any atom is 0.273 e. The topological polar surface area (TPSA) is 86.2 Å². The van der Waals surface area contributed by atoms with Gasteiger partial charge in [-0.25, -0.2) is 0 Å². The molecule has 0 saturated heterocycles. The Bertz CT molecular complexity index is 876. The van der Waals surface area contributed by atoms with Crippen LogP contribution in [-0.2, 0) is 16.2 Å². The van der Waals surface area contributed by atoms with Crippen molar-refractivity contribution < 1.29 is 23.9 Å². The minimum Gasteiger partial charge on any atom is -0.489 e. The number of benzene rings is 2. The van der Waals surface area contributed by atoms with Crippen LogP contribution in [0, 0.1) is 0 Å². The van der Waals surface area contributed by atoms with Gasteiger partial charge in [-0.15, -0.1) is 0 Å². The van der Waals surface area contributed by atoms with Gasteiger partial charge in [0.25, 0.3) is 5.91 Å². The van der Waals surface area contributed by atoms with Gasteiger partial charge in [0.2, 0.25) is 5.78 Å². The molecule has 0 radical (unpaired) electrons. The Labute approximate surface area is 150 Å². The summed E-state index contributed by atoms with van der Waals surface area (Å²) in [7, 11) is 2.91. The van der Waals surface area contributed by atoms with E-state index in [0.29, 0.717) is 22.6 Å². The molecule has 1 aliphatic heterocycles. The third-order valence-electron chi connectivity index (χ3n) is 3.90. The van der Waals surface area contributed by atoms with E-state index in [9.17, 15) is 9.59 Å². The summed E-state index contributed by atoms with van der Waals surface area (Å²) in [6.45, 7) is 0.271. The van der Waals surface area contributed by atoms with Gasteiger partial charge >= 0.3 is 0 Å². The van der Waals surface area contributed by atoms with Crippen LogP contribution >= 0.6 is 0 Å². The summed E-state index contributed by atoms with van der Waals surface area (Å²) in [6, 6.07) is 12.4. The number of hydrogen-bond acceptors (Lipinski definition) is 6. The fourth-order valence-electron chi connectivity index (χ4n) is 2.62. The van der Waals surface area contributed by atoms with Crippen molar-refractivity contribution in [3.05, 3.63) is 59.2 Å². The van der Waals surface area contributed by atoms with Crippen LogP contribution in [0.25, 0.3) is 0 Å². The van der Waals surface area contributed by atoms with E-state index in [0.717, 1.165) is 5.56 Å². The number of fused-ring (bicyclic) bond motifs is 1. The average Bonchev–Trinajstić information content (AvgIpc) is 3.04. The van der Waals surface area contributed by atoms with Crippen molar-refractivity contribution in [2.24, 2.45) is 5.16 Å². The number of carbonyl (C=O) groups excluding carboxylic acids is 2. The summed E-state index contributed by atoms with van der Waals surface area (Å²) in [5, 5.41) is 6.37. The first-order valence-electron chi connectivity index (χ1n) is 7.98. The second kappa shape index (κ2) is 7.69. The van der Waals surface area contributed by atoms with Crippen LogP contribution in [0.2, 0.25) is 0 Å². The van der Waals surface area contributed by atoms with E-state index in [1.807, 2.05) is 18.2 Å². The zero-order valence-corrected chi connectivity index (χ0v) is 14.4. The molecule has 7 nitrogen and oxygen atoms in total. The number of nitrogens with one attached hydrogen (secondary N) is 1. The molecule has 0 aliphatic carbocycles. The van der Waals surface area contributed by atoms with E-state index in [-0.39, 0.29) is 30.6 Å². The highest BCUT2D eigenvalue weighted by Gasteiger charge is 2.22. The Hall–Kier alpha value is -3.35. The molecule has 1 N–H and O–H groups in total. The van der Waals surface area contributed by atoms with Crippen molar-refractivity contribution in [2.45, 2.75) is 6.61 Å². The third-order valence-corrected chi connectivity index (χ3v) is 3.90. The monoisotopic (exact) mass is 354 g/mol. The minimum absolute atomic E-state index is 0.0390. The SMILES string of the molecule is CNC(=O)/C(=N/OC)c1ccccc1COc1ccc2c(c1)OCC2=O. The molecule has 0 unspecified atom stereocenters. The first kappa shape index (κ1) is 17.5. The lowest BCUT2D eigenvalue weighted by Gasteiger charge is -2.12. The highest BCUT2D eigenvalue weighted by atomic mass is 16.6. The van der Waals surface area contributed by atoms with Crippen molar-refractivity contribution in [3.63, 3.8) is 0 Å². The van der Waals surface area contributed by atoms with E-state index in [4.69, 9.17) is 14.3 Å². The zero-order chi connectivity index (χ0) is 18.5. The molecule has 0 saturated carbocycles. The molecular formula is C19H18N2O5. The zero-order valence-electron chi connectivity index (χ0n) is 14.4. The van der Waals surface area contributed by atoms with Gasteiger partial charge < -0.3 is 19.6 Å². The molecule has 2 aromatic carbocycles. The lowest BCUT2D eigenvalue weighted by molar-refractivity contribution is -0.114. The molecule has 0 fully saturated rings. The molecule has 26 heavy (non-hydrogen) atoms. The molecular weight excluding hydrogens is 336 g/mol. The molecule has 134 valence electrons. The standard InChI is InChI=1S/C19H18N2O5/c1-20-19(23)18(21-24-2)14-6-4-3-5-12(14)10-25-13-7-8-15-16(22)11-26-17(15)9-13/h3-9H,10-11H2,1-2H3,(H,20,23)/b21-18+. The van der Waals surface area contributed by atoms with Gasteiger partial charge in [-0.2, -0.15) is 0 Å².